The Bertz CT molecular complexity index is 1240. The number of ether oxygens (including phenoxy) is 1. The Kier molecular flexibility index (Phi) is 8.13. The fourth-order valence-electron chi connectivity index (χ4n) is 3.48. The summed E-state index contributed by atoms with van der Waals surface area (Å²) in [7, 11) is -0.135. The Morgan fingerprint density at radius 1 is 1.09 bits per heavy atom. The number of aromatic amines is 1. The van der Waals surface area contributed by atoms with Gasteiger partial charge in [-0.15, -0.1) is 0 Å². The van der Waals surface area contributed by atoms with Crippen molar-refractivity contribution in [2.45, 2.75) is 24.0 Å². The maximum Gasteiger partial charge on any atom is 0.280 e. The molecular formula is C24H27F2N3O5S. The van der Waals surface area contributed by atoms with Crippen LogP contribution in [-0.2, 0) is 27.4 Å². The molecule has 0 fully saturated rings. The second-order valence-electron chi connectivity index (χ2n) is 8.63. The zero-order valence-electron chi connectivity index (χ0n) is 19.7. The number of rotatable bonds is 9. The van der Waals surface area contributed by atoms with Crippen molar-refractivity contribution in [1.82, 2.24) is 10.5 Å². The van der Waals surface area contributed by atoms with Crippen LogP contribution < -0.4 is 16.2 Å². The minimum absolute atomic E-state index is 0.0120. The number of amides is 2. The number of anilines is 1. The average molecular weight is 508 g/mol. The highest BCUT2D eigenvalue weighted by atomic mass is 32.3. The van der Waals surface area contributed by atoms with Gasteiger partial charge >= 0.3 is 0 Å². The fourth-order valence-corrected chi connectivity index (χ4v) is 4.77. The predicted molar refractivity (Wildman–Crippen MR) is 130 cm³/mol. The lowest BCUT2D eigenvalue weighted by molar-refractivity contribution is -0.126. The maximum atomic E-state index is 14.7. The SMILES string of the molecule is COCc1ccc([C@@H](NC(=O)Cc2cc(=O)[nH]o2)C(=O)Nc2cc(F)c(S(C)(C)C)c(F)c2)cc1. The van der Waals surface area contributed by atoms with Gasteiger partial charge in [0.1, 0.15) is 23.4 Å². The van der Waals surface area contributed by atoms with Gasteiger partial charge < -0.3 is 19.9 Å². The molecule has 188 valence electrons. The lowest BCUT2D eigenvalue weighted by Crippen LogP contribution is -2.37. The lowest BCUT2D eigenvalue weighted by atomic mass is 10.0. The zero-order valence-corrected chi connectivity index (χ0v) is 20.6. The average Bonchev–Trinajstić information content (AvgIpc) is 3.15. The molecule has 1 aromatic heterocycles. The third-order valence-corrected chi connectivity index (χ3v) is 6.59. The third kappa shape index (κ3) is 6.80. The van der Waals surface area contributed by atoms with Gasteiger partial charge in [-0.25, -0.2) is 18.8 Å². The molecule has 3 rings (SSSR count). The summed E-state index contributed by atoms with van der Waals surface area (Å²) in [6.07, 6.45) is 4.99. The summed E-state index contributed by atoms with van der Waals surface area (Å²) >= 11 is 0. The molecule has 3 N–H and O–H groups in total. The van der Waals surface area contributed by atoms with Crippen molar-refractivity contribution in [2.75, 3.05) is 31.2 Å². The largest absolute Gasteiger partial charge is 0.383 e. The molecule has 0 aliphatic carbocycles. The van der Waals surface area contributed by atoms with Gasteiger partial charge in [-0.2, -0.15) is 5.16 Å². The predicted octanol–water partition coefficient (Wildman–Crippen LogP) is 3.48. The van der Waals surface area contributed by atoms with Crippen LogP contribution in [0.15, 0.2) is 56.7 Å². The lowest BCUT2D eigenvalue weighted by Gasteiger charge is -2.27. The molecule has 0 bridgehead atoms. The van der Waals surface area contributed by atoms with Gasteiger partial charge in [0, 0.05) is 18.9 Å². The van der Waals surface area contributed by atoms with Gasteiger partial charge in [0.15, 0.2) is 0 Å². The van der Waals surface area contributed by atoms with Crippen molar-refractivity contribution in [3.8, 4) is 0 Å². The minimum atomic E-state index is -1.69. The van der Waals surface area contributed by atoms with Crippen molar-refractivity contribution in [3.05, 3.63) is 81.3 Å². The number of hydrogen-bond acceptors (Lipinski definition) is 5. The number of carbonyl (C=O) groups excluding carboxylic acids is 2. The quantitative estimate of drug-likeness (QED) is 0.410. The van der Waals surface area contributed by atoms with E-state index >= 15 is 0 Å². The van der Waals surface area contributed by atoms with E-state index in [1.165, 1.54) is 0 Å². The van der Waals surface area contributed by atoms with E-state index in [-0.39, 0.29) is 22.8 Å². The molecule has 8 nitrogen and oxygen atoms in total. The van der Waals surface area contributed by atoms with E-state index in [0.717, 1.165) is 23.8 Å². The Morgan fingerprint density at radius 3 is 2.23 bits per heavy atom. The van der Waals surface area contributed by atoms with Crippen LogP contribution in [0.4, 0.5) is 14.5 Å². The number of halogens is 2. The molecule has 0 saturated carbocycles. The van der Waals surface area contributed by atoms with E-state index in [0.29, 0.717) is 12.2 Å². The normalized spacial score (nSPS) is 12.7. The number of H-pyrrole nitrogens is 1. The Morgan fingerprint density at radius 2 is 1.71 bits per heavy atom. The minimum Gasteiger partial charge on any atom is -0.383 e. The van der Waals surface area contributed by atoms with E-state index in [4.69, 9.17) is 9.26 Å². The summed E-state index contributed by atoms with van der Waals surface area (Å²) in [5, 5.41) is 7.16. The standard InChI is InChI=1S/C24H27F2N3O5S/c1-33-13-14-5-7-15(8-6-14)22(28-20(30)11-17-12-21(31)29-34-17)24(32)27-16-9-18(25)23(19(26)10-16)35(2,3)4/h5-10,12,22H,11,13H2,1-4H3,(H,27,32)(H,28,30)(H,29,31)/t22-/m1/s1. The van der Waals surface area contributed by atoms with Crippen LogP contribution in [0.3, 0.4) is 0 Å². The molecule has 0 aliphatic rings. The van der Waals surface area contributed by atoms with E-state index in [1.54, 1.807) is 50.1 Å². The monoisotopic (exact) mass is 507 g/mol. The maximum absolute atomic E-state index is 14.7. The van der Waals surface area contributed by atoms with Gasteiger partial charge in [-0.05, 0) is 42.0 Å². The molecule has 0 radical (unpaired) electrons. The van der Waals surface area contributed by atoms with Gasteiger partial charge in [-0.3, -0.25) is 14.4 Å². The highest BCUT2D eigenvalue weighted by molar-refractivity contribution is 8.32. The van der Waals surface area contributed by atoms with Crippen molar-refractivity contribution in [1.29, 1.82) is 0 Å². The molecule has 3 aromatic rings. The zero-order chi connectivity index (χ0) is 25.8. The molecule has 35 heavy (non-hydrogen) atoms. The molecule has 11 heteroatoms. The molecule has 2 amide bonds. The summed E-state index contributed by atoms with van der Waals surface area (Å²) < 4.78 is 39.3. The molecule has 0 unspecified atom stereocenters. The Hall–Kier alpha value is -3.44. The van der Waals surface area contributed by atoms with Crippen molar-refractivity contribution in [3.63, 3.8) is 0 Å². The number of methoxy groups -OCH3 is 1. The van der Waals surface area contributed by atoms with Crippen LogP contribution in [0.2, 0.25) is 0 Å². The molecule has 0 aliphatic heterocycles. The first-order chi connectivity index (χ1) is 16.5. The van der Waals surface area contributed by atoms with E-state index in [2.05, 4.69) is 15.8 Å². The van der Waals surface area contributed by atoms with Gasteiger partial charge in [0.2, 0.25) is 5.91 Å². The van der Waals surface area contributed by atoms with Gasteiger partial charge in [-0.1, -0.05) is 24.3 Å². The topological polar surface area (TPSA) is 113 Å². The summed E-state index contributed by atoms with van der Waals surface area (Å²) in [4.78, 5) is 37.0. The van der Waals surface area contributed by atoms with Crippen LogP contribution in [0.1, 0.15) is 22.9 Å². The van der Waals surface area contributed by atoms with Crippen LogP contribution in [0, 0.1) is 11.6 Å². The number of benzene rings is 2. The molecular weight excluding hydrogens is 480 g/mol. The second kappa shape index (κ2) is 10.9. The smallest absolute Gasteiger partial charge is 0.280 e. The molecule has 0 spiro atoms. The van der Waals surface area contributed by atoms with Crippen molar-refractivity contribution >= 4 is 27.5 Å². The van der Waals surface area contributed by atoms with Crippen molar-refractivity contribution in [2.24, 2.45) is 0 Å². The third-order valence-electron chi connectivity index (χ3n) is 4.98. The molecule has 1 heterocycles. The number of carbonyl (C=O) groups is 2. The first kappa shape index (κ1) is 26.2. The van der Waals surface area contributed by atoms with Gasteiger partial charge in [0.05, 0.1) is 17.9 Å². The van der Waals surface area contributed by atoms with Crippen LogP contribution in [0.25, 0.3) is 0 Å². The Labute approximate surface area is 202 Å². The second-order valence-corrected chi connectivity index (χ2v) is 12.7. The Balaban J connectivity index is 1.86. The number of hydrogen-bond donors (Lipinski definition) is 3. The van der Waals surface area contributed by atoms with Crippen LogP contribution >= 0.6 is 10.0 Å². The summed E-state index contributed by atoms with van der Waals surface area (Å²) in [5.41, 5.74) is 0.702. The first-order valence-corrected chi connectivity index (χ1v) is 13.4. The highest BCUT2D eigenvalue weighted by Gasteiger charge is 2.26. The number of nitrogens with one attached hydrogen (secondary N) is 3. The number of aromatic nitrogens is 1. The van der Waals surface area contributed by atoms with Crippen LogP contribution in [0.5, 0.6) is 0 Å². The van der Waals surface area contributed by atoms with E-state index in [1.807, 2.05) is 0 Å². The molecule has 1 atom stereocenters. The summed E-state index contributed by atoms with van der Waals surface area (Å²) in [6.45, 7) is 0.358. The highest BCUT2D eigenvalue weighted by Crippen LogP contribution is 2.48. The summed E-state index contributed by atoms with van der Waals surface area (Å²) in [6, 6.07) is 8.80. The summed E-state index contributed by atoms with van der Waals surface area (Å²) in [5.74, 6) is -2.72. The first-order valence-electron chi connectivity index (χ1n) is 10.5. The van der Waals surface area contributed by atoms with E-state index in [9.17, 15) is 23.2 Å². The van der Waals surface area contributed by atoms with Gasteiger partial charge in [0.25, 0.3) is 11.5 Å². The molecule has 2 aromatic carbocycles. The van der Waals surface area contributed by atoms with Crippen LogP contribution in [-0.4, -0.2) is 42.8 Å². The van der Waals surface area contributed by atoms with E-state index < -0.39 is 45.1 Å². The molecule has 0 saturated heterocycles. The van der Waals surface area contributed by atoms with Crippen molar-refractivity contribution < 1.29 is 27.6 Å². The fraction of sp³-hybridized carbons (Fsp3) is 0.292.